The Morgan fingerprint density at radius 2 is 1.30 bits per heavy atom. The van der Waals surface area contributed by atoms with Crippen LogP contribution < -0.4 is 0 Å². The van der Waals surface area contributed by atoms with Gasteiger partial charge in [0.05, 0.1) is 31.5 Å². The Labute approximate surface area is 393 Å². The van der Waals surface area contributed by atoms with Crippen LogP contribution in [-0.4, -0.2) is 180 Å². The Morgan fingerprint density at radius 3 is 1.93 bits per heavy atom. The van der Waals surface area contributed by atoms with Crippen molar-refractivity contribution in [3.8, 4) is 0 Å². The molecule has 4 saturated carbocycles. The van der Waals surface area contributed by atoms with E-state index in [4.69, 9.17) is 28.4 Å². The number of carboxylic acid groups (broad SMARTS) is 1. The highest BCUT2D eigenvalue weighted by Crippen LogP contribution is 2.80. The van der Waals surface area contributed by atoms with E-state index >= 15 is 0 Å². The van der Waals surface area contributed by atoms with Crippen LogP contribution in [0.5, 0.6) is 0 Å². The molecule has 18 nitrogen and oxygen atoms in total. The van der Waals surface area contributed by atoms with E-state index < -0.39 is 116 Å². The van der Waals surface area contributed by atoms with Crippen molar-refractivity contribution in [3.05, 3.63) is 11.6 Å². The molecule has 7 fully saturated rings. The van der Waals surface area contributed by atoms with Crippen LogP contribution >= 0.6 is 0 Å². The Bertz CT molecular complexity index is 1870. The van der Waals surface area contributed by atoms with Gasteiger partial charge in [0.25, 0.3) is 0 Å². The lowest BCUT2D eigenvalue weighted by molar-refractivity contribution is -0.396. The van der Waals surface area contributed by atoms with Crippen LogP contribution in [0, 0.1) is 49.7 Å². The van der Waals surface area contributed by atoms with Crippen molar-refractivity contribution in [2.75, 3.05) is 13.2 Å². The summed E-state index contributed by atoms with van der Waals surface area (Å²) in [4.78, 5) is 12.5. The summed E-state index contributed by atoms with van der Waals surface area (Å²) >= 11 is 0. The predicted molar refractivity (Wildman–Crippen MR) is 235 cm³/mol. The van der Waals surface area contributed by atoms with Gasteiger partial charge >= 0.3 is 5.97 Å². The van der Waals surface area contributed by atoms with Gasteiger partial charge in [0, 0.05) is 10.8 Å². The molecule has 0 spiro atoms. The highest BCUT2D eigenvalue weighted by Gasteiger charge is 2.74. The summed E-state index contributed by atoms with van der Waals surface area (Å²) in [6.45, 7) is 18.8. The van der Waals surface area contributed by atoms with Gasteiger partial charge in [-0.25, -0.2) is 4.79 Å². The zero-order chi connectivity index (χ0) is 49.4. The molecule has 0 aromatic carbocycles. The summed E-state index contributed by atoms with van der Waals surface area (Å²) < 4.78 is 36.3. The second-order valence-electron chi connectivity index (χ2n) is 24.2. The third-order valence-corrected chi connectivity index (χ3v) is 20.5. The van der Waals surface area contributed by atoms with Gasteiger partial charge in [0.15, 0.2) is 25.0 Å². The zero-order valence-electron chi connectivity index (χ0n) is 40.6. The summed E-state index contributed by atoms with van der Waals surface area (Å²) in [5.74, 6) is -1.45. The first-order valence-electron chi connectivity index (χ1n) is 24.6. The second-order valence-corrected chi connectivity index (χ2v) is 24.2. The first-order valence-corrected chi connectivity index (χ1v) is 24.6. The number of aliphatic hydroxyl groups excluding tert-OH is 10. The lowest BCUT2D eigenvalue weighted by Gasteiger charge is -2.76. The van der Waals surface area contributed by atoms with Crippen molar-refractivity contribution in [1.29, 1.82) is 0 Å². The fourth-order valence-electron chi connectivity index (χ4n) is 15.5. The molecule has 11 N–H and O–H groups in total. The number of rotatable bonds is 9. The van der Waals surface area contributed by atoms with E-state index in [1.807, 2.05) is 6.92 Å². The lowest BCUT2D eigenvalue weighted by atomic mass is 9.29. The molecule has 0 aromatic heterocycles. The van der Waals surface area contributed by atoms with Gasteiger partial charge in [0.1, 0.15) is 61.0 Å². The van der Waals surface area contributed by atoms with E-state index in [-0.39, 0.29) is 57.0 Å². The molecule has 384 valence electrons. The minimum Gasteiger partial charge on any atom is -0.479 e. The van der Waals surface area contributed by atoms with E-state index in [2.05, 4.69) is 54.5 Å². The van der Waals surface area contributed by atoms with Gasteiger partial charge in [0.2, 0.25) is 0 Å². The first-order chi connectivity index (χ1) is 31.1. The molecule has 0 radical (unpaired) electrons. The fraction of sp³-hybridized carbons (Fsp3) is 0.939. The van der Waals surface area contributed by atoms with Crippen molar-refractivity contribution < 1.29 is 89.4 Å². The molecule has 0 amide bonds. The van der Waals surface area contributed by atoms with Crippen molar-refractivity contribution in [2.45, 2.75) is 224 Å². The van der Waals surface area contributed by atoms with Crippen molar-refractivity contribution >= 4 is 5.97 Å². The summed E-state index contributed by atoms with van der Waals surface area (Å²) in [6.07, 6.45) is -17.8. The number of ether oxygens (including phenoxy) is 6. The van der Waals surface area contributed by atoms with E-state index in [0.717, 1.165) is 44.9 Å². The molecule has 3 heterocycles. The SMILES string of the molecule is C[C@@H]1O[C@@H](O[C@H]2[C@H](O[C@H]3[C@H](O[C@H]4CC[C@@]5(C)[C@@H](CC[C@]6(C)[C@]5(C)CC=C5[C@@H]7CC(C)(C)C[C@@H](O)[C@]7(C)CC[C@]56C)[C@@]4(C)CO)O[C@H](C(=O)O)[C@@H](O)[C@@H]3O)O[C@H](CO)[C@H](O)[C@@H]2O)[C@H](O)[C@H](O)[C@H]1O. The number of aliphatic hydroxyl groups is 10. The summed E-state index contributed by atoms with van der Waals surface area (Å²) in [5, 5.41) is 120. The third kappa shape index (κ3) is 7.67. The van der Waals surface area contributed by atoms with Crippen molar-refractivity contribution in [1.82, 2.24) is 0 Å². The Morgan fingerprint density at radius 1 is 0.672 bits per heavy atom. The zero-order valence-corrected chi connectivity index (χ0v) is 40.6. The summed E-state index contributed by atoms with van der Waals surface area (Å²) in [6, 6.07) is 0. The summed E-state index contributed by atoms with van der Waals surface area (Å²) in [5.41, 5.74) is -0.519. The Balaban J connectivity index is 1.09. The molecule has 0 bridgehead atoms. The van der Waals surface area contributed by atoms with E-state index in [0.29, 0.717) is 12.8 Å². The molecule has 0 aromatic rings. The van der Waals surface area contributed by atoms with Crippen LogP contribution in [0.25, 0.3) is 0 Å². The molecule has 67 heavy (non-hydrogen) atoms. The Kier molecular flexibility index (Phi) is 13.7. The standard InChI is InChI=1S/C49H80O18/c1-22-29(53)31(55)35(59)40(62-22)66-37-32(56)30(54)25(20-50)63-41(37)67-38-34(58)33(57)36(39(60)61)65-42(38)64-28-12-13-47(7)26(45(28,5)21-51)11-15-48(8)46(6)17-16-44(4)24(18-43(2,3)19-27(44)52)23(46)10-14-49(47,48)9/h10,22,24-38,40-42,50-59H,11-21H2,1-9H3,(H,60,61)/t22-,24-,25+,26-,27+,28-,29-,30-,31+,32-,33-,34-,35+,36-,37+,38+,40-,41-,42+,44+,45+,46+,47-,48-,49+/m0/s1. The number of carbonyl (C=O) groups is 1. The van der Waals surface area contributed by atoms with Crippen molar-refractivity contribution in [2.24, 2.45) is 49.7 Å². The van der Waals surface area contributed by atoms with Gasteiger partial charge in [-0.15, -0.1) is 0 Å². The Hall–Kier alpha value is -1.43. The maximum atomic E-state index is 12.5. The second kappa shape index (κ2) is 17.7. The maximum Gasteiger partial charge on any atom is 0.335 e. The molecule has 3 aliphatic heterocycles. The minimum absolute atomic E-state index is 0.00654. The number of aliphatic carboxylic acids is 1. The predicted octanol–water partition coefficient (Wildman–Crippen LogP) is 1.09. The molecular formula is C49H80O18. The molecular weight excluding hydrogens is 877 g/mol. The first kappa shape index (κ1) is 51.9. The molecule has 8 aliphatic rings. The number of carboxylic acids is 1. The fourth-order valence-corrected chi connectivity index (χ4v) is 15.5. The maximum absolute atomic E-state index is 12.5. The van der Waals surface area contributed by atoms with Crippen LogP contribution in [0.15, 0.2) is 11.6 Å². The molecule has 3 saturated heterocycles. The lowest BCUT2D eigenvalue weighted by Crippen LogP contribution is -2.71. The average molecular weight is 957 g/mol. The molecule has 18 heteroatoms. The van der Waals surface area contributed by atoms with E-state index in [1.54, 1.807) is 0 Å². The number of hydrogen-bond acceptors (Lipinski definition) is 17. The molecule has 25 atom stereocenters. The smallest absolute Gasteiger partial charge is 0.335 e. The van der Waals surface area contributed by atoms with Gasteiger partial charge < -0.3 is 84.6 Å². The highest BCUT2D eigenvalue weighted by atomic mass is 16.8. The van der Waals surface area contributed by atoms with Crippen LogP contribution in [0.3, 0.4) is 0 Å². The van der Waals surface area contributed by atoms with Gasteiger partial charge in [-0.3, -0.25) is 0 Å². The molecule has 5 aliphatic carbocycles. The largest absolute Gasteiger partial charge is 0.479 e. The minimum atomic E-state index is -2.07. The van der Waals surface area contributed by atoms with Crippen LogP contribution in [0.2, 0.25) is 0 Å². The number of hydrogen-bond donors (Lipinski definition) is 11. The van der Waals surface area contributed by atoms with E-state index in [1.165, 1.54) is 12.5 Å². The average Bonchev–Trinajstić information content (AvgIpc) is 3.26. The highest BCUT2D eigenvalue weighted by molar-refractivity contribution is 5.73. The number of fused-ring (bicyclic) bond motifs is 7. The van der Waals surface area contributed by atoms with Gasteiger partial charge in [-0.05, 0) is 104 Å². The third-order valence-electron chi connectivity index (χ3n) is 20.5. The van der Waals surface area contributed by atoms with Crippen LogP contribution in [0.4, 0.5) is 0 Å². The normalized spacial score (nSPS) is 56.4. The van der Waals surface area contributed by atoms with Crippen molar-refractivity contribution in [3.63, 3.8) is 0 Å². The van der Waals surface area contributed by atoms with E-state index in [9.17, 15) is 61.0 Å². The number of allylic oxidation sites excluding steroid dienone is 2. The van der Waals surface area contributed by atoms with Gasteiger partial charge in [-0.2, -0.15) is 0 Å². The topological polar surface area (TPSA) is 295 Å². The summed E-state index contributed by atoms with van der Waals surface area (Å²) in [7, 11) is 0. The monoisotopic (exact) mass is 957 g/mol. The van der Waals surface area contributed by atoms with Crippen LogP contribution in [-0.2, 0) is 33.2 Å². The van der Waals surface area contributed by atoms with Gasteiger partial charge in [-0.1, -0.05) is 67.0 Å². The molecule has 0 unspecified atom stereocenters. The molecule has 8 rings (SSSR count). The quantitative estimate of drug-likeness (QED) is 0.114. The van der Waals surface area contributed by atoms with Crippen LogP contribution in [0.1, 0.15) is 120 Å².